The van der Waals surface area contributed by atoms with Crippen LogP contribution in [0.15, 0.2) is 104 Å². The fourth-order valence-electron chi connectivity index (χ4n) is 5.36. The molecule has 0 unspecified atom stereocenters. The molecular formula is C41H39ClF6N6O6S. The van der Waals surface area contributed by atoms with Gasteiger partial charge in [-0.1, -0.05) is 42.8 Å². The Kier molecular flexibility index (Phi) is 17.4. The van der Waals surface area contributed by atoms with E-state index in [1.54, 1.807) is 36.9 Å². The van der Waals surface area contributed by atoms with Gasteiger partial charge in [-0.15, -0.1) is 0 Å². The Hall–Kier alpha value is -5.76. The zero-order valence-corrected chi connectivity index (χ0v) is 34.1. The van der Waals surface area contributed by atoms with E-state index in [-0.39, 0.29) is 11.8 Å². The quantitative estimate of drug-likeness (QED) is 0.0832. The van der Waals surface area contributed by atoms with E-state index in [0.717, 1.165) is 103 Å². The fraction of sp³-hybridized carbons (Fsp3) is 0.268. The van der Waals surface area contributed by atoms with E-state index in [9.17, 15) is 26.3 Å². The molecule has 4 aromatic heterocycles. The van der Waals surface area contributed by atoms with Crippen LogP contribution in [0.4, 0.5) is 26.3 Å². The van der Waals surface area contributed by atoms with Gasteiger partial charge in [-0.05, 0) is 105 Å². The number of alkyl halides is 6. The lowest BCUT2D eigenvalue weighted by Gasteiger charge is -2.09. The minimum atomic E-state index is -4.67. The van der Waals surface area contributed by atoms with Gasteiger partial charge >= 0.3 is 22.8 Å². The molecule has 0 bridgehead atoms. The van der Waals surface area contributed by atoms with Crippen LogP contribution in [0.2, 0.25) is 5.02 Å². The Bertz CT molecular complexity index is 2390. The zero-order valence-electron chi connectivity index (χ0n) is 32.5. The second-order valence-electron chi connectivity index (χ2n) is 13.0. The Morgan fingerprint density at radius 3 is 1.46 bits per heavy atom. The van der Waals surface area contributed by atoms with Crippen molar-refractivity contribution in [3.05, 3.63) is 154 Å². The second-order valence-corrected chi connectivity index (χ2v) is 14.3. The van der Waals surface area contributed by atoms with Crippen molar-refractivity contribution in [2.45, 2.75) is 71.1 Å². The summed E-state index contributed by atoms with van der Waals surface area (Å²) in [5, 5.41) is 0.641. The van der Waals surface area contributed by atoms with Gasteiger partial charge < -0.3 is 9.47 Å². The van der Waals surface area contributed by atoms with Crippen LogP contribution in [0.25, 0.3) is 0 Å². The van der Waals surface area contributed by atoms with Crippen molar-refractivity contribution in [2.75, 3.05) is 0 Å². The molecule has 6 aromatic rings. The third-order valence-corrected chi connectivity index (χ3v) is 8.76. The van der Waals surface area contributed by atoms with E-state index < -0.39 is 33.9 Å². The average molecular weight is 893 g/mol. The van der Waals surface area contributed by atoms with E-state index in [2.05, 4.69) is 29.9 Å². The van der Waals surface area contributed by atoms with Gasteiger partial charge in [-0.3, -0.25) is 9.11 Å². The molecule has 2 N–H and O–H groups in total. The maximum absolute atomic E-state index is 12.6. The summed E-state index contributed by atoms with van der Waals surface area (Å²) in [5.74, 6) is 1.26. The number of ether oxygens (including phenoxy) is 2. The minimum Gasteiger partial charge on any atom is -0.439 e. The molecule has 0 atom stereocenters. The number of halogens is 7. The lowest BCUT2D eigenvalue weighted by Crippen LogP contribution is -2.05. The van der Waals surface area contributed by atoms with Crippen LogP contribution in [0.5, 0.6) is 23.3 Å². The molecule has 324 valence electrons. The Morgan fingerprint density at radius 1 is 0.607 bits per heavy atom. The van der Waals surface area contributed by atoms with Crippen molar-refractivity contribution in [1.29, 1.82) is 0 Å². The third kappa shape index (κ3) is 17.4. The molecule has 0 aliphatic carbocycles. The smallest absolute Gasteiger partial charge is 0.417 e. The van der Waals surface area contributed by atoms with Crippen molar-refractivity contribution in [3.63, 3.8) is 0 Å². The molecule has 61 heavy (non-hydrogen) atoms. The Morgan fingerprint density at radius 2 is 1.05 bits per heavy atom. The molecule has 12 nitrogen and oxygen atoms in total. The van der Waals surface area contributed by atoms with Gasteiger partial charge in [-0.2, -0.15) is 34.8 Å². The number of rotatable bonds is 13. The molecule has 0 aliphatic heterocycles. The van der Waals surface area contributed by atoms with Crippen molar-refractivity contribution in [1.82, 2.24) is 29.9 Å². The summed E-state index contributed by atoms with van der Waals surface area (Å²) < 4.78 is 118. The normalized spacial score (nSPS) is 11.5. The van der Waals surface area contributed by atoms with Crippen LogP contribution >= 0.6 is 11.6 Å². The Balaban J connectivity index is 0.000000242. The third-order valence-electron chi connectivity index (χ3n) is 8.33. The lowest BCUT2D eigenvalue weighted by molar-refractivity contribution is -0.138. The van der Waals surface area contributed by atoms with Gasteiger partial charge in [0.25, 0.3) is 0 Å². The predicted molar refractivity (Wildman–Crippen MR) is 213 cm³/mol. The number of aromatic nitrogens is 6. The predicted octanol–water partition coefficient (Wildman–Crippen LogP) is 10.6. The monoisotopic (exact) mass is 892 g/mol. The molecule has 4 heterocycles. The highest BCUT2D eigenvalue weighted by atomic mass is 35.5. The molecule has 0 saturated carbocycles. The van der Waals surface area contributed by atoms with Crippen LogP contribution in [-0.4, -0.2) is 47.4 Å². The van der Waals surface area contributed by atoms with Crippen LogP contribution < -0.4 is 9.47 Å². The SMILES string of the molecule is CCc1ncnc(CCCc2ccc(Oc3ccc(C(F)(F)F)cn3)cc2)c1Cl.Cc1cc(CCCc2ccc(Oc3ccc(C(F)(F)F)cn3)cc2)ncn1.O=S(=O)(O)O. The van der Waals surface area contributed by atoms with Crippen molar-refractivity contribution >= 4 is 22.0 Å². The van der Waals surface area contributed by atoms with Gasteiger partial charge in [0, 0.05) is 35.9 Å². The Labute approximate surface area is 352 Å². The maximum atomic E-state index is 12.6. The summed E-state index contributed by atoms with van der Waals surface area (Å²) in [5.41, 5.74) is 4.34. The molecule has 0 radical (unpaired) electrons. The summed E-state index contributed by atoms with van der Waals surface area (Å²) in [6.45, 7) is 3.94. The standard InChI is InChI=1S/C21H19ClF3N3O.C20H18F3N3O.H2O4S/c1-2-17-20(22)18(28-13-27-17)5-3-4-14-6-9-16(10-7-14)29-19-11-8-15(12-26-19)21(23,24)25;1-14-11-17(26-13-25-14)4-2-3-15-5-8-18(9-6-15)27-19-10-7-16(12-24-19)20(21,22)23;1-5(2,3)4/h6-13H,2-5H2,1H3;5-13H,2-4H2,1H3;(H2,1,2,3,4). The summed E-state index contributed by atoms with van der Waals surface area (Å²) in [6, 6.07) is 21.1. The molecule has 0 saturated heterocycles. The van der Waals surface area contributed by atoms with E-state index in [1.165, 1.54) is 12.1 Å². The van der Waals surface area contributed by atoms with Gasteiger partial charge in [0.05, 0.1) is 27.5 Å². The van der Waals surface area contributed by atoms with E-state index in [4.69, 9.17) is 38.6 Å². The highest BCUT2D eigenvalue weighted by molar-refractivity contribution is 7.79. The molecular weight excluding hydrogens is 854 g/mol. The van der Waals surface area contributed by atoms with Crippen molar-refractivity contribution in [3.8, 4) is 23.3 Å². The summed E-state index contributed by atoms with van der Waals surface area (Å²) in [6.07, 6.45) is 1.76. The van der Waals surface area contributed by atoms with E-state index in [0.29, 0.717) is 16.5 Å². The molecule has 20 heteroatoms. The number of hydrogen-bond acceptors (Lipinski definition) is 10. The van der Waals surface area contributed by atoms with Crippen molar-refractivity contribution in [2.24, 2.45) is 0 Å². The first-order valence-corrected chi connectivity index (χ1v) is 20.1. The highest BCUT2D eigenvalue weighted by Crippen LogP contribution is 2.31. The number of nitrogens with zero attached hydrogens (tertiary/aromatic N) is 6. The topological polar surface area (TPSA) is 170 Å². The van der Waals surface area contributed by atoms with Gasteiger partial charge in [0.1, 0.15) is 24.2 Å². The van der Waals surface area contributed by atoms with E-state index in [1.807, 2.05) is 44.2 Å². The number of aryl methyl sites for hydroxylation is 6. The van der Waals surface area contributed by atoms with Gasteiger partial charge in [-0.25, -0.2) is 29.9 Å². The summed E-state index contributed by atoms with van der Waals surface area (Å²) in [4.78, 5) is 24.2. The molecule has 0 amide bonds. The molecule has 0 spiro atoms. The first-order chi connectivity index (χ1) is 28.8. The fourth-order valence-corrected chi connectivity index (χ4v) is 5.68. The minimum absolute atomic E-state index is 0.107. The van der Waals surface area contributed by atoms with Crippen LogP contribution in [0.3, 0.4) is 0 Å². The van der Waals surface area contributed by atoms with E-state index >= 15 is 0 Å². The van der Waals surface area contributed by atoms with Crippen LogP contribution in [0, 0.1) is 6.92 Å². The number of benzene rings is 2. The molecule has 6 rings (SSSR count). The summed E-state index contributed by atoms with van der Waals surface area (Å²) >= 11 is 6.31. The van der Waals surface area contributed by atoms with Crippen LogP contribution in [0.1, 0.15) is 64.8 Å². The van der Waals surface area contributed by atoms with Crippen molar-refractivity contribution < 1.29 is 53.3 Å². The lowest BCUT2D eigenvalue weighted by atomic mass is 10.1. The van der Waals surface area contributed by atoms with Gasteiger partial charge in [0.2, 0.25) is 11.8 Å². The molecule has 0 fully saturated rings. The number of pyridine rings is 2. The largest absolute Gasteiger partial charge is 0.439 e. The highest BCUT2D eigenvalue weighted by Gasteiger charge is 2.31. The summed E-state index contributed by atoms with van der Waals surface area (Å²) in [7, 11) is -4.67. The first-order valence-electron chi connectivity index (χ1n) is 18.3. The molecule has 2 aromatic carbocycles. The van der Waals surface area contributed by atoms with Crippen LogP contribution in [-0.2, 0) is 54.9 Å². The zero-order chi connectivity index (χ0) is 44.6. The number of hydrogen-bond donors (Lipinski definition) is 2. The maximum Gasteiger partial charge on any atom is 0.417 e. The molecule has 0 aliphatic rings. The first kappa shape index (κ1) is 47.9. The average Bonchev–Trinajstić information content (AvgIpc) is 3.19. The van der Waals surface area contributed by atoms with Gasteiger partial charge in [0.15, 0.2) is 0 Å². The second kappa shape index (κ2) is 22.2.